The Morgan fingerprint density at radius 1 is 1.15 bits per heavy atom. The van der Waals surface area contributed by atoms with E-state index in [1.807, 2.05) is 36.1 Å². The number of rotatable bonds is 4. The van der Waals surface area contributed by atoms with Gasteiger partial charge in [-0.25, -0.2) is 9.97 Å². The molecule has 0 atom stereocenters. The van der Waals surface area contributed by atoms with Crippen molar-refractivity contribution in [2.75, 3.05) is 42.9 Å². The fourth-order valence-electron chi connectivity index (χ4n) is 3.37. The first kappa shape index (κ1) is 17.7. The van der Waals surface area contributed by atoms with Crippen LogP contribution in [-0.2, 0) is 0 Å². The summed E-state index contributed by atoms with van der Waals surface area (Å²) in [6.07, 6.45) is 0. The lowest BCUT2D eigenvalue weighted by Crippen LogP contribution is -2.49. The smallest absolute Gasteiger partial charge is 0.264 e. The summed E-state index contributed by atoms with van der Waals surface area (Å²) in [6, 6.07) is 12.1. The molecule has 0 unspecified atom stereocenters. The second kappa shape index (κ2) is 7.52. The van der Waals surface area contributed by atoms with Crippen LogP contribution in [0.2, 0.25) is 0 Å². The minimum absolute atomic E-state index is 0.128. The standard InChI is InChI=1S/C20H23N5OS/c1-3-21-18-13-19(23-14(2)22-18)24-8-10-25(11-9-24)20(26)17-12-15-6-4-5-7-16(15)27-17/h4-7,12-13H,3,8-11H2,1-2H3,(H,21,22,23). The van der Waals surface area contributed by atoms with Crippen LogP contribution in [0.25, 0.3) is 10.1 Å². The number of amides is 1. The number of benzene rings is 1. The summed E-state index contributed by atoms with van der Waals surface area (Å²) in [5.74, 6) is 2.66. The van der Waals surface area contributed by atoms with Gasteiger partial charge in [0.05, 0.1) is 4.88 Å². The number of piperazine rings is 1. The maximum absolute atomic E-state index is 12.9. The fraction of sp³-hybridized carbons (Fsp3) is 0.350. The summed E-state index contributed by atoms with van der Waals surface area (Å²) in [4.78, 5) is 26.9. The van der Waals surface area contributed by atoms with Gasteiger partial charge < -0.3 is 15.1 Å². The topological polar surface area (TPSA) is 61.4 Å². The van der Waals surface area contributed by atoms with Gasteiger partial charge in [0, 0.05) is 43.5 Å². The van der Waals surface area contributed by atoms with Crippen LogP contribution in [0.4, 0.5) is 11.6 Å². The molecule has 4 rings (SSSR count). The average molecular weight is 382 g/mol. The predicted molar refractivity (Wildman–Crippen MR) is 111 cm³/mol. The lowest BCUT2D eigenvalue weighted by Gasteiger charge is -2.35. The molecule has 0 aliphatic carbocycles. The Balaban J connectivity index is 1.45. The number of fused-ring (bicyclic) bond motifs is 1. The number of carbonyl (C=O) groups is 1. The van der Waals surface area contributed by atoms with Gasteiger partial charge in [-0.2, -0.15) is 0 Å². The van der Waals surface area contributed by atoms with Crippen LogP contribution < -0.4 is 10.2 Å². The van der Waals surface area contributed by atoms with Gasteiger partial charge >= 0.3 is 0 Å². The highest BCUT2D eigenvalue weighted by Crippen LogP contribution is 2.27. The summed E-state index contributed by atoms with van der Waals surface area (Å²) in [6.45, 7) is 7.74. The highest BCUT2D eigenvalue weighted by atomic mass is 32.1. The Hall–Kier alpha value is -2.67. The van der Waals surface area contributed by atoms with Crippen LogP contribution in [0.5, 0.6) is 0 Å². The number of nitrogens with zero attached hydrogens (tertiary/aromatic N) is 4. The van der Waals surface area contributed by atoms with Crippen LogP contribution in [0.15, 0.2) is 36.4 Å². The van der Waals surface area contributed by atoms with Crippen LogP contribution in [0.3, 0.4) is 0 Å². The Morgan fingerprint density at radius 3 is 2.67 bits per heavy atom. The van der Waals surface area contributed by atoms with Crippen molar-refractivity contribution in [1.82, 2.24) is 14.9 Å². The molecule has 7 heteroatoms. The van der Waals surface area contributed by atoms with Crippen molar-refractivity contribution < 1.29 is 4.79 Å². The summed E-state index contributed by atoms with van der Waals surface area (Å²) < 4.78 is 1.16. The van der Waals surface area contributed by atoms with Crippen molar-refractivity contribution in [1.29, 1.82) is 0 Å². The monoisotopic (exact) mass is 381 g/mol. The molecule has 27 heavy (non-hydrogen) atoms. The predicted octanol–water partition coefficient (Wildman–Crippen LogP) is 3.39. The Kier molecular flexibility index (Phi) is 4.94. The Bertz CT molecular complexity index is 929. The van der Waals surface area contributed by atoms with Gasteiger partial charge in [0.2, 0.25) is 0 Å². The second-order valence-corrected chi connectivity index (χ2v) is 7.70. The number of aromatic nitrogens is 2. The molecule has 6 nitrogen and oxygen atoms in total. The number of hydrogen-bond acceptors (Lipinski definition) is 6. The third-order valence-electron chi connectivity index (χ3n) is 4.71. The second-order valence-electron chi connectivity index (χ2n) is 6.62. The molecule has 1 saturated heterocycles. The number of thiophene rings is 1. The molecule has 1 aliphatic rings. The molecule has 2 aromatic heterocycles. The molecule has 3 aromatic rings. The van der Waals surface area contributed by atoms with E-state index in [1.54, 1.807) is 11.3 Å². The van der Waals surface area contributed by atoms with Crippen molar-refractivity contribution in [3.63, 3.8) is 0 Å². The molecule has 140 valence electrons. The normalized spacial score (nSPS) is 14.6. The molecular weight excluding hydrogens is 358 g/mol. The number of carbonyl (C=O) groups excluding carboxylic acids is 1. The van der Waals surface area contributed by atoms with Crippen LogP contribution >= 0.6 is 11.3 Å². The average Bonchev–Trinajstić information content (AvgIpc) is 3.11. The van der Waals surface area contributed by atoms with Crippen molar-refractivity contribution in [3.05, 3.63) is 47.1 Å². The summed E-state index contributed by atoms with van der Waals surface area (Å²) in [5.41, 5.74) is 0. The molecule has 0 bridgehead atoms. The fourth-order valence-corrected chi connectivity index (χ4v) is 4.40. The maximum atomic E-state index is 12.9. The number of anilines is 2. The van der Waals surface area contributed by atoms with Crippen molar-refractivity contribution >= 4 is 39.0 Å². The zero-order valence-electron chi connectivity index (χ0n) is 15.6. The molecule has 3 heterocycles. The largest absolute Gasteiger partial charge is 0.370 e. The summed E-state index contributed by atoms with van der Waals surface area (Å²) >= 11 is 1.57. The molecule has 1 fully saturated rings. The van der Waals surface area contributed by atoms with E-state index in [2.05, 4.69) is 39.2 Å². The molecule has 0 saturated carbocycles. The number of nitrogens with one attached hydrogen (secondary N) is 1. The van der Waals surface area contributed by atoms with Crippen molar-refractivity contribution in [3.8, 4) is 0 Å². The van der Waals surface area contributed by atoms with Crippen molar-refractivity contribution in [2.24, 2.45) is 0 Å². The Labute approximate surface area is 162 Å². The summed E-state index contributed by atoms with van der Waals surface area (Å²) in [7, 11) is 0. The SMILES string of the molecule is CCNc1cc(N2CCN(C(=O)c3cc4ccccc4s3)CC2)nc(C)n1. The molecule has 0 radical (unpaired) electrons. The third-order valence-corrected chi connectivity index (χ3v) is 5.81. The molecule has 0 spiro atoms. The van der Waals surface area contributed by atoms with E-state index in [9.17, 15) is 4.79 Å². The maximum Gasteiger partial charge on any atom is 0.264 e. The van der Waals surface area contributed by atoms with E-state index in [0.717, 1.165) is 52.1 Å². The van der Waals surface area contributed by atoms with Gasteiger partial charge in [-0.05, 0) is 31.4 Å². The van der Waals surface area contributed by atoms with Gasteiger partial charge in [0.1, 0.15) is 17.5 Å². The van der Waals surface area contributed by atoms with Gasteiger partial charge in [-0.3, -0.25) is 4.79 Å². The van der Waals surface area contributed by atoms with E-state index >= 15 is 0 Å². The Morgan fingerprint density at radius 2 is 1.93 bits per heavy atom. The van der Waals surface area contributed by atoms with Gasteiger partial charge in [0.15, 0.2) is 0 Å². The quantitative estimate of drug-likeness (QED) is 0.751. The van der Waals surface area contributed by atoms with E-state index in [-0.39, 0.29) is 5.91 Å². The number of hydrogen-bond donors (Lipinski definition) is 1. The highest BCUT2D eigenvalue weighted by molar-refractivity contribution is 7.20. The summed E-state index contributed by atoms with van der Waals surface area (Å²) in [5, 5.41) is 4.38. The van der Waals surface area contributed by atoms with Crippen LogP contribution in [-0.4, -0.2) is 53.5 Å². The zero-order chi connectivity index (χ0) is 18.8. The highest BCUT2D eigenvalue weighted by Gasteiger charge is 2.24. The zero-order valence-corrected chi connectivity index (χ0v) is 16.4. The first-order chi connectivity index (χ1) is 13.1. The first-order valence-corrected chi connectivity index (χ1v) is 10.1. The third kappa shape index (κ3) is 3.73. The van der Waals surface area contributed by atoms with E-state index in [0.29, 0.717) is 13.1 Å². The van der Waals surface area contributed by atoms with Gasteiger partial charge in [-0.15, -0.1) is 11.3 Å². The first-order valence-electron chi connectivity index (χ1n) is 9.26. The van der Waals surface area contributed by atoms with E-state index in [1.165, 1.54) is 0 Å². The van der Waals surface area contributed by atoms with E-state index < -0.39 is 0 Å². The molecule has 1 aliphatic heterocycles. The minimum Gasteiger partial charge on any atom is -0.370 e. The molecule has 1 amide bonds. The van der Waals surface area contributed by atoms with Gasteiger partial charge in [0.25, 0.3) is 5.91 Å². The minimum atomic E-state index is 0.128. The van der Waals surface area contributed by atoms with Crippen LogP contribution in [0, 0.1) is 6.92 Å². The van der Waals surface area contributed by atoms with E-state index in [4.69, 9.17) is 0 Å². The molecular formula is C20H23N5OS. The van der Waals surface area contributed by atoms with Crippen molar-refractivity contribution in [2.45, 2.75) is 13.8 Å². The lowest BCUT2D eigenvalue weighted by atomic mass is 10.2. The van der Waals surface area contributed by atoms with Crippen LogP contribution in [0.1, 0.15) is 22.4 Å². The van der Waals surface area contributed by atoms with Gasteiger partial charge in [-0.1, -0.05) is 18.2 Å². The lowest BCUT2D eigenvalue weighted by molar-refractivity contribution is 0.0751. The molecule has 1 N–H and O–H groups in total. The molecule has 1 aromatic carbocycles. The number of aryl methyl sites for hydroxylation is 1.